The van der Waals surface area contributed by atoms with E-state index < -0.39 is 15.9 Å². The molecule has 3 rings (SSSR count). The van der Waals surface area contributed by atoms with Crippen LogP contribution >= 0.6 is 11.3 Å². The highest BCUT2D eigenvalue weighted by Crippen LogP contribution is 2.27. The van der Waals surface area contributed by atoms with Gasteiger partial charge in [0.2, 0.25) is 10.0 Å². The molecule has 35 heavy (non-hydrogen) atoms. The number of benzene rings is 2. The predicted molar refractivity (Wildman–Crippen MR) is 135 cm³/mol. The number of sulfonamides is 1. The molecule has 0 aliphatic carbocycles. The number of hydrogen-bond donors (Lipinski definition) is 1. The summed E-state index contributed by atoms with van der Waals surface area (Å²) in [6.45, 7) is 4.25. The highest BCUT2D eigenvalue weighted by Gasteiger charge is 2.24. The molecule has 8 nitrogen and oxygen atoms in total. The average molecular weight is 508 g/mol. The second-order valence-electron chi connectivity index (χ2n) is 8.01. The van der Waals surface area contributed by atoms with Gasteiger partial charge < -0.3 is 0 Å². The molecule has 0 fully saturated rings. The predicted octanol–water partition coefficient (Wildman–Crippen LogP) is 5.00. The summed E-state index contributed by atoms with van der Waals surface area (Å²) in [5.41, 5.74) is 3.23. The SMILES string of the molecule is CC(C)c1ccc(-c2csc(NC(=O)c3ccc(S(=O)(=O)N(CCC#N)CCC#N)cc3)n2)cc1. The molecule has 0 atom stereocenters. The van der Waals surface area contributed by atoms with Crippen LogP contribution in [0.4, 0.5) is 5.13 Å². The zero-order chi connectivity index (χ0) is 25.4. The fourth-order valence-corrected chi connectivity index (χ4v) is 5.46. The van der Waals surface area contributed by atoms with Crippen molar-refractivity contribution in [3.05, 3.63) is 65.0 Å². The van der Waals surface area contributed by atoms with Gasteiger partial charge >= 0.3 is 0 Å². The first-order valence-corrected chi connectivity index (χ1v) is 13.3. The summed E-state index contributed by atoms with van der Waals surface area (Å²) in [6.07, 6.45) is 0.0334. The number of aromatic nitrogens is 1. The number of nitrogens with one attached hydrogen (secondary N) is 1. The van der Waals surface area contributed by atoms with Crippen LogP contribution in [0, 0.1) is 22.7 Å². The Kier molecular flexibility index (Phi) is 8.72. The van der Waals surface area contributed by atoms with Crippen LogP contribution in [0.2, 0.25) is 0 Å². The molecule has 0 aliphatic heterocycles. The van der Waals surface area contributed by atoms with Gasteiger partial charge in [0.25, 0.3) is 5.91 Å². The first-order chi connectivity index (χ1) is 16.8. The Bertz CT molecular complexity index is 1330. The first kappa shape index (κ1) is 26.0. The smallest absolute Gasteiger partial charge is 0.257 e. The van der Waals surface area contributed by atoms with Crippen molar-refractivity contribution >= 4 is 32.4 Å². The second-order valence-corrected chi connectivity index (χ2v) is 10.8. The van der Waals surface area contributed by atoms with E-state index in [-0.39, 0.29) is 36.4 Å². The quantitative estimate of drug-likeness (QED) is 0.411. The Morgan fingerprint density at radius 2 is 1.63 bits per heavy atom. The lowest BCUT2D eigenvalue weighted by molar-refractivity contribution is 0.102. The molecular formula is C25H25N5O3S2. The van der Waals surface area contributed by atoms with Gasteiger partial charge in [-0.2, -0.15) is 14.8 Å². The summed E-state index contributed by atoms with van der Waals surface area (Å²) >= 11 is 1.31. The van der Waals surface area contributed by atoms with Crippen molar-refractivity contribution in [2.45, 2.75) is 37.5 Å². The van der Waals surface area contributed by atoms with Crippen molar-refractivity contribution in [2.75, 3.05) is 18.4 Å². The largest absolute Gasteiger partial charge is 0.298 e. The molecule has 0 unspecified atom stereocenters. The van der Waals surface area contributed by atoms with Crippen molar-refractivity contribution in [2.24, 2.45) is 0 Å². The van der Waals surface area contributed by atoms with Crippen LogP contribution < -0.4 is 5.32 Å². The van der Waals surface area contributed by atoms with E-state index in [1.54, 1.807) is 0 Å². The third-order valence-corrected chi connectivity index (χ3v) is 7.97. The third kappa shape index (κ3) is 6.52. The number of nitrogens with zero attached hydrogens (tertiary/aromatic N) is 4. The fourth-order valence-electron chi connectivity index (χ4n) is 3.30. The highest BCUT2D eigenvalue weighted by atomic mass is 32.2. The van der Waals surface area contributed by atoms with E-state index in [1.807, 2.05) is 29.7 Å². The number of amides is 1. The summed E-state index contributed by atoms with van der Waals surface area (Å²) in [5.74, 6) is 0.0321. The number of hydrogen-bond acceptors (Lipinski definition) is 7. The highest BCUT2D eigenvalue weighted by molar-refractivity contribution is 7.89. The Morgan fingerprint density at radius 3 is 2.17 bits per heavy atom. The van der Waals surface area contributed by atoms with Crippen molar-refractivity contribution in [1.82, 2.24) is 9.29 Å². The van der Waals surface area contributed by atoms with Crippen molar-refractivity contribution in [3.8, 4) is 23.4 Å². The van der Waals surface area contributed by atoms with Gasteiger partial charge in [-0.15, -0.1) is 11.3 Å². The molecule has 3 aromatic rings. The van der Waals surface area contributed by atoms with Crippen LogP contribution in [0.15, 0.2) is 58.8 Å². The van der Waals surface area contributed by atoms with Gasteiger partial charge in [0.05, 0.1) is 22.7 Å². The van der Waals surface area contributed by atoms with Crippen LogP contribution in [0.25, 0.3) is 11.3 Å². The molecule has 10 heteroatoms. The zero-order valence-corrected chi connectivity index (χ0v) is 21.1. The van der Waals surface area contributed by atoms with Crippen LogP contribution in [-0.2, 0) is 10.0 Å². The number of carbonyl (C=O) groups excluding carboxylic acids is 1. The topological polar surface area (TPSA) is 127 Å². The lowest BCUT2D eigenvalue weighted by Gasteiger charge is -2.20. The van der Waals surface area contributed by atoms with Gasteiger partial charge in [0, 0.05) is 42.4 Å². The maximum absolute atomic E-state index is 12.9. The number of carbonyl (C=O) groups is 1. The Morgan fingerprint density at radius 1 is 1.03 bits per heavy atom. The van der Waals surface area contributed by atoms with E-state index >= 15 is 0 Å². The maximum atomic E-state index is 12.9. The molecule has 0 saturated heterocycles. The number of thiazole rings is 1. The molecule has 1 aromatic heterocycles. The average Bonchev–Trinajstić information content (AvgIpc) is 3.32. The molecule has 0 radical (unpaired) electrons. The van der Waals surface area contributed by atoms with Gasteiger partial charge in [0.1, 0.15) is 0 Å². The summed E-state index contributed by atoms with van der Waals surface area (Å²) in [4.78, 5) is 17.2. The molecule has 1 amide bonds. The molecule has 0 spiro atoms. The molecule has 1 heterocycles. The van der Waals surface area contributed by atoms with Crippen molar-refractivity contribution < 1.29 is 13.2 Å². The van der Waals surface area contributed by atoms with E-state index in [4.69, 9.17) is 10.5 Å². The molecule has 0 saturated carbocycles. The van der Waals surface area contributed by atoms with E-state index in [0.29, 0.717) is 11.0 Å². The van der Waals surface area contributed by atoms with E-state index in [2.05, 4.69) is 36.3 Å². The number of nitriles is 2. The standard InChI is InChI=1S/C25H25N5O3S2/c1-18(2)19-5-7-20(8-6-19)23-17-34-25(28-23)29-24(31)21-9-11-22(12-10-21)35(32,33)30(15-3-13-26)16-4-14-27/h5-12,17-18H,3-4,15-16H2,1-2H3,(H,28,29,31). The number of anilines is 1. The molecule has 2 aromatic carbocycles. The minimum Gasteiger partial charge on any atom is -0.298 e. The molecular weight excluding hydrogens is 482 g/mol. The van der Waals surface area contributed by atoms with E-state index in [1.165, 1.54) is 41.2 Å². The Hall–Kier alpha value is -3.57. The molecule has 180 valence electrons. The summed E-state index contributed by atoms with van der Waals surface area (Å²) < 4.78 is 26.9. The third-order valence-electron chi connectivity index (χ3n) is 5.30. The van der Waals surface area contributed by atoms with Gasteiger partial charge in [-0.1, -0.05) is 38.1 Å². The van der Waals surface area contributed by atoms with E-state index in [0.717, 1.165) is 15.6 Å². The van der Waals surface area contributed by atoms with Crippen molar-refractivity contribution in [1.29, 1.82) is 10.5 Å². The van der Waals surface area contributed by atoms with Gasteiger partial charge in [-0.05, 0) is 35.7 Å². The zero-order valence-electron chi connectivity index (χ0n) is 19.4. The molecule has 1 N–H and O–H groups in total. The summed E-state index contributed by atoms with van der Waals surface area (Å²) in [6, 6.07) is 17.5. The van der Waals surface area contributed by atoms with Crippen LogP contribution in [0.5, 0.6) is 0 Å². The van der Waals surface area contributed by atoms with E-state index in [9.17, 15) is 13.2 Å². The minimum atomic E-state index is -3.89. The second kappa shape index (κ2) is 11.7. The van der Waals surface area contributed by atoms with Crippen LogP contribution in [0.3, 0.4) is 0 Å². The van der Waals surface area contributed by atoms with Crippen LogP contribution in [-0.4, -0.2) is 36.7 Å². The van der Waals surface area contributed by atoms with Crippen molar-refractivity contribution in [3.63, 3.8) is 0 Å². The van der Waals surface area contributed by atoms with Gasteiger partial charge in [-0.3, -0.25) is 10.1 Å². The lowest BCUT2D eigenvalue weighted by Crippen LogP contribution is -2.32. The fraction of sp³-hybridized carbons (Fsp3) is 0.280. The monoisotopic (exact) mass is 507 g/mol. The van der Waals surface area contributed by atoms with Gasteiger partial charge in [0.15, 0.2) is 5.13 Å². The molecule has 0 aliphatic rings. The van der Waals surface area contributed by atoms with Gasteiger partial charge in [-0.25, -0.2) is 13.4 Å². The van der Waals surface area contributed by atoms with Crippen LogP contribution in [0.1, 0.15) is 48.5 Å². The first-order valence-electron chi connectivity index (χ1n) is 11.0. The Labute approximate surface area is 209 Å². The summed E-state index contributed by atoms with van der Waals surface area (Å²) in [7, 11) is -3.89. The number of rotatable bonds is 10. The Balaban J connectivity index is 1.70. The maximum Gasteiger partial charge on any atom is 0.257 e. The molecule has 0 bridgehead atoms. The minimum absolute atomic E-state index is 0.00463. The lowest BCUT2D eigenvalue weighted by atomic mass is 10.0. The normalized spacial score (nSPS) is 11.3. The summed E-state index contributed by atoms with van der Waals surface area (Å²) in [5, 5.41) is 22.7.